The van der Waals surface area contributed by atoms with Crippen LogP contribution in [0.25, 0.3) is 0 Å². The van der Waals surface area contributed by atoms with Gasteiger partial charge in [-0.3, -0.25) is 4.98 Å². The van der Waals surface area contributed by atoms with Crippen LogP contribution in [0.1, 0.15) is 24.1 Å². The summed E-state index contributed by atoms with van der Waals surface area (Å²) >= 11 is 0. The SMILES string of the molecule is FC(F)(F)c1ccc(N(c2cccnc2)C2CC3(C2)CN(c2ccc(C(F)(F)F)nc2)C3)cc1. The zero-order valence-corrected chi connectivity index (χ0v) is 17.8. The fraction of sp³-hybridized carbons (Fsp3) is 0.333. The Morgan fingerprint density at radius 1 is 0.824 bits per heavy atom. The molecule has 3 aromatic rings. The van der Waals surface area contributed by atoms with Crippen molar-refractivity contribution in [2.75, 3.05) is 22.9 Å². The van der Waals surface area contributed by atoms with Crippen molar-refractivity contribution in [3.05, 3.63) is 78.4 Å². The molecule has 2 aromatic heterocycles. The van der Waals surface area contributed by atoms with Gasteiger partial charge in [0.1, 0.15) is 5.69 Å². The molecule has 1 aliphatic heterocycles. The van der Waals surface area contributed by atoms with Gasteiger partial charge >= 0.3 is 12.4 Å². The van der Waals surface area contributed by atoms with Gasteiger partial charge in [0.15, 0.2) is 0 Å². The number of benzene rings is 1. The van der Waals surface area contributed by atoms with Crippen molar-refractivity contribution < 1.29 is 26.3 Å². The van der Waals surface area contributed by atoms with E-state index in [2.05, 4.69) is 9.97 Å². The van der Waals surface area contributed by atoms with Crippen LogP contribution >= 0.6 is 0 Å². The van der Waals surface area contributed by atoms with E-state index in [-0.39, 0.29) is 11.5 Å². The Kier molecular flexibility index (Phi) is 5.22. The first-order chi connectivity index (χ1) is 16.0. The molecule has 3 heterocycles. The van der Waals surface area contributed by atoms with Gasteiger partial charge in [0.05, 0.1) is 29.3 Å². The minimum absolute atomic E-state index is 0.0275. The number of hydrogen-bond acceptors (Lipinski definition) is 4. The first kappa shape index (κ1) is 22.5. The standard InChI is InChI=1S/C24H20F6N4/c25-23(26,27)16-3-5-17(6-4-16)34(19-2-1-9-31-12-19)20-10-22(11-20)14-33(15-22)18-7-8-21(32-13-18)24(28,29)30/h1-9,12-13,20H,10-11,14-15H2. The number of halogens is 6. The van der Waals surface area contributed by atoms with E-state index in [9.17, 15) is 26.3 Å². The first-order valence-corrected chi connectivity index (χ1v) is 10.7. The van der Waals surface area contributed by atoms with Gasteiger partial charge in [-0.15, -0.1) is 0 Å². The molecule has 2 fully saturated rings. The monoisotopic (exact) mass is 478 g/mol. The summed E-state index contributed by atoms with van der Waals surface area (Å²) < 4.78 is 77.2. The predicted octanol–water partition coefficient (Wildman–Crippen LogP) is 6.32. The van der Waals surface area contributed by atoms with Gasteiger partial charge in [0.25, 0.3) is 0 Å². The lowest BCUT2D eigenvalue weighted by Crippen LogP contribution is -2.66. The number of alkyl halides is 6. The molecule has 178 valence electrons. The molecule has 4 nitrogen and oxygen atoms in total. The Morgan fingerprint density at radius 2 is 1.53 bits per heavy atom. The van der Waals surface area contributed by atoms with Crippen molar-refractivity contribution in [3.8, 4) is 0 Å². The van der Waals surface area contributed by atoms with E-state index >= 15 is 0 Å². The molecule has 2 aliphatic rings. The Balaban J connectivity index is 1.29. The third-order valence-corrected chi connectivity index (χ3v) is 6.56. The van der Waals surface area contributed by atoms with Crippen molar-refractivity contribution >= 4 is 17.1 Å². The highest BCUT2D eigenvalue weighted by Gasteiger charge is 2.54. The third kappa shape index (κ3) is 4.17. The average molecular weight is 478 g/mol. The number of pyridine rings is 2. The maximum absolute atomic E-state index is 13.0. The highest BCUT2D eigenvalue weighted by molar-refractivity contribution is 5.65. The van der Waals surface area contributed by atoms with E-state index in [1.807, 2.05) is 15.9 Å². The van der Waals surface area contributed by atoms with Gasteiger partial charge in [0, 0.05) is 36.4 Å². The van der Waals surface area contributed by atoms with E-state index in [4.69, 9.17) is 0 Å². The number of anilines is 3. The molecule has 5 rings (SSSR count). The highest BCUT2D eigenvalue weighted by atomic mass is 19.4. The molecule has 0 N–H and O–H groups in total. The minimum atomic E-state index is -4.47. The largest absolute Gasteiger partial charge is 0.433 e. The van der Waals surface area contributed by atoms with Gasteiger partial charge in [-0.2, -0.15) is 26.3 Å². The lowest BCUT2D eigenvalue weighted by Gasteiger charge is -2.61. The van der Waals surface area contributed by atoms with Gasteiger partial charge in [-0.05, 0) is 61.4 Å². The lowest BCUT2D eigenvalue weighted by molar-refractivity contribution is -0.141. The van der Waals surface area contributed by atoms with Gasteiger partial charge < -0.3 is 9.80 Å². The quantitative estimate of drug-likeness (QED) is 0.411. The molecular weight excluding hydrogens is 458 g/mol. The molecule has 1 spiro atoms. The number of hydrogen-bond donors (Lipinski definition) is 0. The maximum atomic E-state index is 13.0. The lowest BCUT2D eigenvalue weighted by atomic mass is 9.60. The summed E-state index contributed by atoms with van der Waals surface area (Å²) in [7, 11) is 0. The van der Waals surface area contributed by atoms with Gasteiger partial charge in [0.2, 0.25) is 0 Å². The molecule has 0 atom stereocenters. The topological polar surface area (TPSA) is 32.3 Å². The van der Waals surface area contributed by atoms with Crippen LogP contribution in [-0.2, 0) is 12.4 Å². The Morgan fingerprint density at radius 3 is 2.06 bits per heavy atom. The Hall–Kier alpha value is -3.30. The van der Waals surface area contributed by atoms with Crippen LogP contribution in [0.5, 0.6) is 0 Å². The normalized spacial score (nSPS) is 17.9. The second-order valence-electron chi connectivity index (χ2n) is 8.94. The van der Waals surface area contributed by atoms with Crippen LogP contribution in [0.4, 0.5) is 43.4 Å². The van der Waals surface area contributed by atoms with Crippen LogP contribution in [-0.4, -0.2) is 29.1 Å². The number of rotatable bonds is 4. The maximum Gasteiger partial charge on any atom is 0.433 e. The van der Waals surface area contributed by atoms with Gasteiger partial charge in [-0.25, -0.2) is 4.98 Å². The molecular formula is C24H20F6N4. The molecule has 1 saturated heterocycles. The van der Waals surface area contributed by atoms with E-state index in [0.29, 0.717) is 24.5 Å². The van der Waals surface area contributed by atoms with E-state index < -0.39 is 23.6 Å². The molecule has 1 aromatic carbocycles. The summed E-state index contributed by atoms with van der Waals surface area (Å²) in [5.74, 6) is 0. The van der Waals surface area contributed by atoms with Crippen molar-refractivity contribution in [3.63, 3.8) is 0 Å². The van der Waals surface area contributed by atoms with Gasteiger partial charge in [-0.1, -0.05) is 0 Å². The fourth-order valence-corrected chi connectivity index (χ4v) is 4.95. The summed E-state index contributed by atoms with van der Waals surface area (Å²) in [5, 5.41) is 0. The zero-order chi connectivity index (χ0) is 24.1. The minimum Gasteiger partial charge on any atom is -0.369 e. The van der Waals surface area contributed by atoms with Crippen molar-refractivity contribution in [2.24, 2.45) is 5.41 Å². The molecule has 1 saturated carbocycles. The summed E-state index contributed by atoms with van der Waals surface area (Å²) in [5.41, 5.74) is 0.508. The third-order valence-electron chi connectivity index (χ3n) is 6.56. The number of aromatic nitrogens is 2. The van der Waals surface area contributed by atoms with E-state index in [1.165, 1.54) is 24.4 Å². The molecule has 1 aliphatic carbocycles. The molecule has 0 bridgehead atoms. The van der Waals surface area contributed by atoms with Crippen LogP contribution in [0, 0.1) is 5.41 Å². The Labute approximate surface area is 191 Å². The molecule has 34 heavy (non-hydrogen) atoms. The van der Waals surface area contributed by atoms with Crippen LogP contribution in [0.15, 0.2) is 67.1 Å². The van der Waals surface area contributed by atoms with E-state index in [1.54, 1.807) is 18.5 Å². The fourth-order valence-electron chi connectivity index (χ4n) is 4.95. The van der Waals surface area contributed by atoms with E-state index in [0.717, 1.165) is 36.7 Å². The van der Waals surface area contributed by atoms with Crippen LogP contribution < -0.4 is 9.80 Å². The van der Waals surface area contributed by atoms with Crippen LogP contribution in [0.2, 0.25) is 0 Å². The summed E-state index contributed by atoms with van der Waals surface area (Å²) in [6, 6.07) is 11.3. The molecule has 0 unspecified atom stereocenters. The number of nitrogens with zero attached hydrogens (tertiary/aromatic N) is 4. The molecule has 0 radical (unpaired) electrons. The zero-order valence-electron chi connectivity index (χ0n) is 17.8. The average Bonchev–Trinajstić information content (AvgIpc) is 2.74. The van der Waals surface area contributed by atoms with Crippen molar-refractivity contribution in [1.82, 2.24) is 9.97 Å². The predicted molar refractivity (Wildman–Crippen MR) is 115 cm³/mol. The summed E-state index contributed by atoms with van der Waals surface area (Å²) in [6.07, 6.45) is -2.68. The van der Waals surface area contributed by atoms with Crippen LogP contribution in [0.3, 0.4) is 0 Å². The molecule has 0 amide bonds. The Bertz CT molecular complexity index is 1130. The smallest absolute Gasteiger partial charge is 0.369 e. The van der Waals surface area contributed by atoms with Crippen molar-refractivity contribution in [1.29, 1.82) is 0 Å². The highest BCUT2D eigenvalue weighted by Crippen LogP contribution is 2.53. The second-order valence-corrected chi connectivity index (χ2v) is 8.94. The summed E-state index contributed by atoms with van der Waals surface area (Å²) in [6.45, 7) is 1.40. The second kappa shape index (κ2) is 7.89. The summed E-state index contributed by atoms with van der Waals surface area (Å²) in [4.78, 5) is 11.7. The first-order valence-electron chi connectivity index (χ1n) is 10.7. The molecule has 10 heteroatoms. The van der Waals surface area contributed by atoms with Crippen molar-refractivity contribution in [2.45, 2.75) is 31.2 Å².